The summed E-state index contributed by atoms with van der Waals surface area (Å²) >= 11 is 1.56. The Bertz CT molecular complexity index is 1450. The Hall–Kier alpha value is -3.49. The largest absolute Gasteiger partial charge is 0.451 e. The molecule has 0 aliphatic carbocycles. The molecule has 0 aromatic carbocycles. The average molecular weight is 596 g/mol. The predicted octanol–water partition coefficient (Wildman–Crippen LogP) is 4.19. The first-order valence-corrected chi connectivity index (χ1v) is 14.3. The van der Waals surface area contributed by atoms with E-state index in [1.54, 1.807) is 32.1 Å². The minimum atomic E-state index is -4.58. The molecule has 0 radical (unpaired) electrons. The van der Waals surface area contributed by atoms with Gasteiger partial charge in [-0.25, -0.2) is 4.98 Å². The predicted molar refractivity (Wildman–Crippen MR) is 144 cm³/mol. The van der Waals surface area contributed by atoms with E-state index in [1.807, 2.05) is 15.9 Å². The monoisotopic (exact) mass is 595 g/mol. The molecule has 3 aromatic heterocycles. The van der Waals surface area contributed by atoms with Gasteiger partial charge in [0.2, 0.25) is 18.6 Å². The van der Waals surface area contributed by atoms with Crippen LogP contribution in [0.5, 0.6) is 0 Å². The highest BCUT2D eigenvalue weighted by molar-refractivity contribution is 7.18. The molecule has 5 heterocycles. The second-order valence-electron chi connectivity index (χ2n) is 11.2. The van der Waals surface area contributed by atoms with Crippen LogP contribution in [0.2, 0.25) is 0 Å². The minimum absolute atomic E-state index is 0.0708. The highest BCUT2D eigenvalue weighted by atomic mass is 32.1. The van der Waals surface area contributed by atoms with Gasteiger partial charge < -0.3 is 23.8 Å². The Labute approximate surface area is 238 Å². The molecule has 5 rings (SSSR count). The van der Waals surface area contributed by atoms with E-state index in [0.717, 1.165) is 32.5 Å². The summed E-state index contributed by atoms with van der Waals surface area (Å²) in [5, 5.41) is 8.03. The van der Waals surface area contributed by atoms with E-state index >= 15 is 0 Å². The zero-order chi connectivity index (χ0) is 29.5. The zero-order valence-corrected chi connectivity index (χ0v) is 24.1. The molecule has 1 atom stereocenters. The van der Waals surface area contributed by atoms with Crippen molar-refractivity contribution in [1.82, 2.24) is 24.7 Å². The fourth-order valence-corrected chi connectivity index (χ4v) is 5.97. The normalized spacial score (nSPS) is 17.7. The number of halogens is 3. The highest BCUT2D eigenvalue weighted by Crippen LogP contribution is 2.37. The molecule has 222 valence electrons. The second-order valence-corrected chi connectivity index (χ2v) is 12.3. The average Bonchev–Trinajstić information content (AvgIpc) is 3.64. The number of anilines is 2. The molecule has 1 fully saturated rings. The van der Waals surface area contributed by atoms with Crippen molar-refractivity contribution in [3.05, 3.63) is 22.6 Å². The number of hydrogen-bond donors (Lipinski definition) is 0. The van der Waals surface area contributed by atoms with Crippen molar-refractivity contribution in [1.29, 1.82) is 0 Å². The van der Waals surface area contributed by atoms with Crippen molar-refractivity contribution in [2.45, 2.75) is 66.2 Å². The summed E-state index contributed by atoms with van der Waals surface area (Å²) in [5.74, 6) is -1.09. The van der Waals surface area contributed by atoms with E-state index in [-0.39, 0.29) is 18.9 Å². The second kappa shape index (κ2) is 11.1. The zero-order valence-electron chi connectivity index (χ0n) is 23.3. The first-order chi connectivity index (χ1) is 19.3. The van der Waals surface area contributed by atoms with Gasteiger partial charge in [-0.05, 0) is 39.7 Å². The van der Waals surface area contributed by atoms with Gasteiger partial charge in [0.1, 0.15) is 10.6 Å². The van der Waals surface area contributed by atoms with E-state index in [2.05, 4.69) is 17.1 Å². The number of rotatable bonds is 7. The molecule has 0 bridgehead atoms. The molecule has 0 amide bonds. The number of thiophene rings is 1. The summed E-state index contributed by atoms with van der Waals surface area (Å²) < 4.78 is 51.4. The van der Waals surface area contributed by atoms with Crippen LogP contribution in [-0.4, -0.2) is 63.1 Å². The van der Waals surface area contributed by atoms with Crippen molar-refractivity contribution >= 4 is 45.3 Å². The summed E-state index contributed by atoms with van der Waals surface area (Å²) in [6.07, 6.45) is -2.23. The smallest absolute Gasteiger partial charge is 0.428 e. The lowest BCUT2D eigenvalue weighted by Crippen LogP contribution is -2.36. The van der Waals surface area contributed by atoms with Crippen molar-refractivity contribution in [2.24, 2.45) is 11.3 Å². The molecule has 11 nitrogen and oxygen atoms in total. The number of fused-ring (bicyclic) bond motifs is 2. The molecule has 15 heteroatoms. The summed E-state index contributed by atoms with van der Waals surface area (Å²) in [7, 11) is 0. The van der Waals surface area contributed by atoms with Gasteiger partial charge in [0.05, 0.1) is 23.3 Å². The number of carbonyl (C=O) groups is 2. The molecule has 0 N–H and O–H groups in total. The number of aryl methyl sites for hydroxylation is 1. The van der Waals surface area contributed by atoms with Gasteiger partial charge in [0.25, 0.3) is 0 Å². The molecule has 2 aliphatic rings. The van der Waals surface area contributed by atoms with Gasteiger partial charge in [-0.1, -0.05) is 13.3 Å². The summed E-state index contributed by atoms with van der Waals surface area (Å²) in [6.45, 7) is 8.11. The lowest BCUT2D eigenvalue weighted by molar-refractivity contribution is -0.175. The Balaban J connectivity index is 1.35. The van der Waals surface area contributed by atoms with Crippen LogP contribution in [0.25, 0.3) is 10.2 Å². The van der Waals surface area contributed by atoms with Gasteiger partial charge >= 0.3 is 18.1 Å². The Morgan fingerprint density at radius 3 is 2.56 bits per heavy atom. The Morgan fingerprint density at radius 2 is 1.85 bits per heavy atom. The maximum atomic E-state index is 13.4. The molecule has 1 saturated heterocycles. The van der Waals surface area contributed by atoms with Crippen LogP contribution >= 0.6 is 11.3 Å². The quantitative estimate of drug-likeness (QED) is 0.291. The summed E-state index contributed by atoms with van der Waals surface area (Å²) in [4.78, 5) is 40.0. The third kappa shape index (κ3) is 6.09. The number of ether oxygens (including phenoxy) is 2. The number of aromatic nitrogens is 5. The first kappa shape index (κ1) is 29.0. The maximum Gasteiger partial charge on any atom is 0.451 e. The molecular formula is C26H32F3N7O4S. The molecule has 0 saturated carbocycles. The van der Waals surface area contributed by atoms with E-state index in [1.165, 1.54) is 0 Å². The van der Waals surface area contributed by atoms with Crippen molar-refractivity contribution in [2.75, 3.05) is 36.2 Å². The summed E-state index contributed by atoms with van der Waals surface area (Å²) in [6, 6.07) is 2.05. The highest BCUT2D eigenvalue weighted by Gasteiger charge is 2.40. The van der Waals surface area contributed by atoms with Crippen molar-refractivity contribution < 1.29 is 32.2 Å². The van der Waals surface area contributed by atoms with E-state index in [0.29, 0.717) is 37.8 Å². The van der Waals surface area contributed by atoms with Crippen LogP contribution in [0, 0.1) is 11.3 Å². The third-order valence-electron chi connectivity index (χ3n) is 7.02. The van der Waals surface area contributed by atoms with Crippen LogP contribution in [0.3, 0.4) is 0 Å². The van der Waals surface area contributed by atoms with Crippen LogP contribution in [-0.2, 0) is 44.7 Å². The molecule has 0 spiro atoms. The Kier molecular flexibility index (Phi) is 7.83. The lowest BCUT2D eigenvalue weighted by atomic mass is 9.98. The van der Waals surface area contributed by atoms with Crippen LogP contribution in [0.4, 0.5) is 24.9 Å². The SMILES string of the molecule is CCCc1cc2c(N3CCn4c(nnc4C(F)(F)F)C3)nc(N3CC[C@H](C(=O)OCOC(=O)C(C)(C)C)C3)nc2s1. The number of esters is 2. The molecule has 3 aromatic rings. The number of hydrogen-bond acceptors (Lipinski definition) is 11. The van der Waals surface area contributed by atoms with E-state index < -0.39 is 42.1 Å². The fourth-order valence-electron chi connectivity index (χ4n) is 4.86. The van der Waals surface area contributed by atoms with E-state index in [4.69, 9.17) is 19.4 Å². The van der Waals surface area contributed by atoms with Crippen LogP contribution in [0.1, 0.15) is 57.1 Å². The van der Waals surface area contributed by atoms with Gasteiger partial charge in [0.15, 0.2) is 5.82 Å². The number of nitrogens with zero attached hydrogens (tertiary/aromatic N) is 7. The van der Waals surface area contributed by atoms with Crippen molar-refractivity contribution in [3.8, 4) is 0 Å². The molecule has 41 heavy (non-hydrogen) atoms. The fraction of sp³-hybridized carbons (Fsp3) is 0.615. The van der Waals surface area contributed by atoms with Gasteiger partial charge in [-0.3, -0.25) is 9.59 Å². The van der Waals surface area contributed by atoms with Gasteiger partial charge in [-0.2, -0.15) is 18.2 Å². The van der Waals surface area contributed by atoms with Crippen LogP contribution < -0.4 is 9.80 Å². The Morgan fingerprint density at radius 1 is 1.07 bits per heavy atom. The van der Waals surface area contributed by atoms with Gasteiger partial charge in [-0.15, -0.1) is 21.5 Å². The number of alkyl halides is 3. The first-order valence-electron chi connectivity index (χ1n) is 13.5. The van der Waals surface area contributed by atoms with Gasteiger partial charge in [0, 0.05) is 31.1 Å². The van der Waals surface area contributed by atoms with Crippen LogP contribution in [0.15, 0.2) is 6.07 Å². The minimum Gasteiger partial charge on any atom is -0.428 e. The topological polar surface area (TPSA) is 116 Å². The maximum absolute atomic E-state index is 13.4. The molecule has 2 aliphatic heterocycles. The lowest BCUT2D eigenvalue weighted by Gasteiger charge is -2.30. The third-order valence-corrected chi connectivity index (χ3v) is 8.11. The summed E-state index contributed by atoms with van der Waals surface area (Å²) in [5.41, 5.74) is -0.701. The standard InChI is InChI=1S/C26H32F3N7O4S/c1-5-6-16-11-17-19(34-9-10-36-18(13-34)32-33-22(36)26(27,28)29)30-24(31-20(17)41-16)35-8-7-15(12-35)21(37)39-14-40-23(38)25(2,3)4/h11,15H,5-10,12-14H2,1-4H3/t15-/m0/s1. The molecule has 0 unspecified atom stereocenters. The van der Waals surface area contributed by atoms with Crippen molar-refractivity contribution in [3.63, 3.8) is 0 Å². The number of carbonyl (C=O) groups excluding carboxylic acids is 2. The molecular weight excluding hydrogens is 563 g/mol. The van der Waals surface area contributed by atoms with E-state index in [9.17, 15) is 22.8 Å².